The van der Waals surface area contributed by atoms with E-state index in [-0.39, 0.29) is 11.1 Å². The molecular formula is C11H9N3O3. The zero-order valence-electron chi connectivity index (χ0n) is 8.68. The van der Waals surface area contributed by atoms with Gasteiger partial charge in [0.25, 0.3) is 5.56 Å². The van der Waals surface area contributed by atoms with Crippen molar-refractivity contribution in [2.24, 2.45) is 0 Å². The third-order valence-electron chi connectivity index (χ3n) is 2.06. The van der Waals surface area contributed by atoms with Gasteiger partial charge in [0.2, 0.25) is 0 Å². The standard InChI is InChI=1S/C11H9N3O3/c15-10-5-9(12-6-13-10)14-8-3-1-2-7(4-8)11(16)17/h1-6H,(H,16,17)(H2,12,13,14,15). The molecular weight excluding hydrogens is 222 g/mol. The molecule has 0 radical (unpaired) electrons. The number of carboxylic acid groups (broad SMARTS) is 1. The molecule has 6 heteroatoms. The Labute approximate surface area is 96.0 Å². The lowest BCUT2D eigenvalue weighted by atomic mass is 10.2. The normalized spacial score (nSPS) is 9.88. The van der Waals surface area contributed by atoms with Gasteiger partial charge < -0.3 is 15.4 Å². The Balaban J connectivity index is 2.27. The lowest BCUT2D eigenvalue weighted by Crippen LogP contribution is -2.06. The van der Waals surface area contributed by atoms with Crippen LogP contribution in [0, 0.1) is 0 Å². The van der Waals surface area contributed by atoms with E-state index in [9.17, 15) is 9.59 Å². The number of hydrogen-bond acceptors (Lipinski definition) is 4. The van der Waals surface area contributed by atoms with Gasteiger partial charge in [-0.1, -0.05) is 6.07 Å². The van der Waals surface area contributed by atoms with Crippen molar-refractivity contribution in [1.82, 2.24) is 9.97 Å². The number of rotatable bonds is 3. The minimum absolute atomic E-state index is 0.167. The summed E-state index contributed by atoms with van der Waals surface area (Å²) in [6.07, 6.45) is 1.27. The highest BCUT2D eigenvalue weighted by atomic mass is 16.4. The van der Waals surface area contributed by atoms with E-state index in [1.165, 1.54) is 24.5 Å². The molecule has 2 aromatic rings. The van der Waals surface area contributed by atoms with Crippen molar-refractivity contribution in [1.29, 1.82) is 0 Å². The Morgan fingerprint density at radius 1 is 1.35 bits per heavy atom. The number of nitrogens with zero attached hydrogens (tertiary/aromatic N) is 1. The van der Waals surface area contributed by atoms with Gasteiger partial charge in [-0.15, -0.1) is 0 Å². The topological polar surface area (TPSA) is 95.1 Å². The zero-order chi connectivity index (χ0) is 12.3. The van der Waals surface area contributed by atoms with E-state index in [0.717, 1.165) is 0 Å². The summed E-state index contributed by atoms with van der Waals surface area (Å²) in [4.78, 5) is 28.1. The van der Waals surface area contributed by atoms with E-state index in [1.54, 1.807) is 12.1 Å². The van der Waals surface area contributed by atoms with Gasteiger partial charge in [-0.05, 0) is 18.2 Å². The highest BCUT2D eigenvalue weighted by molar-refractivity contribution is 5.89. The van der Waals surface area contributed by atoms with Gasteiger partial charge in [-0.2, -0.15) is 0 Å². The van der Waals surface area contributed by atoms with Gasteiger partial charge in [-0.3, -0.25) is 4.79 Å². The summed E-state index contributed by atoms with van der Waals surface area (Å²) in [6, 6.07) is 7.53. The maximum atomic E-state index is 11.0. The number of aromatic carboxylic acids is 1. The maximum Gasteiger partial charge on any atom is 0.335 e. The molecule has 86 valence electrons. The number of carbonyl (C=O) groups is 1. The second-order valence-electron chi connectivity index (χ2n) is 3.31. The van der Waals surface area contributed by atoms with Crippen molar-refractivity contribution >= 4 is 17.5 Å². The molecule has 1 aromatic carbocycles. The molecule has 6 nitrogen and oxygen atoms in total. The van der Waals surface area contributed by atoms with E-state index in [1.807, 2.05) is 0 Å². The van der Waals surface area contributed by atoms with Crippen LogP contribution in [0.3, 0.4) is 0 Å². The lowest BCUT2D eigenvalue weighted by molar-refractivity contribution is 0.0697. The van der Waals surface area contributed by atoms with Crippen molar-refractivity contribution in [3.8, 4) is 0 Å². The Morgan fingerprint density at radius 2 is 2.18 bits per heavy atom. The molecule has 2 rings (SSSR count). The summed E-state index contributed by atoms with van der Waals surface area (Å²) in [5.74, 6) is -0.649. The summed E-state index contributed by atoms with van der Waals surface area (Å²) >= 11 is 0. The van der Waals surface area contributed by atoms with Gasteiger partial charge in [0.05, 0.1) is 11.9 Å². The minimum atomic E-state index is -1.01. The number of aromatic nitrogens is 2. The van der Waals surface area contributed by atoms with Gasteiger partial charge in [0.1, 0.15) is 5.82 Å². The van der Waals surface area contributed by atoms with Crippen molar-refractivity contribution in [2.45, 2.75) is 0 Å². The predicted molar refractivity (Wildman–Crippen MR) is 61.5 cm³/mol. The van der Waals surface area contributed by atoms with E-state index < -0.39 is 5.97 Å². The Hall–Kier alpha value is -2.63. The van der Waals surface area contributed by atoms with Gasteiger partial charge in [0, 0.05) is 11.8 Å². The highest BCUT2D eigenvalue weighted by Crippen LogP contribution is 2.14. The van der Waals surface area contributed by atoms with E-state index >= 15 is 0 Å². The zero-order valence-corrected chi connectivity index (χ0v) is 8.68. The fourth-order valence-electron chi connectivity index (χ4n) is 1.31. The van der Waals surface area contributed by atoms with Crippen LogP contribution in [-0.2, 0) is 0 Å². The molecule has 0 bridgehead atoms. The van der Waals surface area contributed by atoms with Crippen LogP contribution in [0.15, 0.2) is 41.5 Å². The van der Waals surface area contributed by atoms with Crippen LogP contribution < -0.4 is 10.9 Å². The van der Waals surface area contributed by atoms with Crippen LogP contribution >= 0.6 is 0 Å². The molecule has 3 N–H and O–H groups in total. The van der Waals surface area contributed by atoms with E-state index in [0.29, 0.717) is 11.5 Å². The van der Waals surface area contributed by atoms with Crippen LogP contribution in [0.5, 0.6) is 0 Å². The van der Waals surface area contributed by atoms with E-state index in [2.05, 4.69) is 15.3 Å². The fraction of sp³-hybridized carbons (Fsp3) is 0. The first-order valence-electron chi connectivity index (χ1n) is 4.80. The first-order valence-corrected chi connectivity index (χ1v) is 4.80. The number of anilines is 2. The molecule has 1 aromatic heterocycles. The average Bonchev–Trinajstić information content (AvgIpc) is 2.29. The van der Waals surface area contributed by atoms with Crippen molar-refractivity contribution < 1.29 is 9.90 Å². The molecule has 0 atom stereocenters. The predicted octanol–water partition coefficient (Wildman–Crippen LogP) is 1.21. The van der Waals surface area contributed by atoms with Crippen molar-refractivity contribution in [3.63, 3.8) is 0 Å². The molecule has 0 saturated carbocycles. The molecule has 0 amide bonds. The number of hydrogen-bond donors (Lipinski definition) is 3. The number of carboxylic acids is 1. The highest BCUT2D eigenvalue weighted by Gasteiger charge is 2.03. The molecule has 0 aliphatic heterocycles. The van der Waals surface area contributed by atoms with Crippen LogP contribution in [0.1, 0.15) is 10.4 Å². The largest absolute Gasteiger partial charge is 0.478 e. The maximum absolute atomic E-state index is 11.0. The molecule has 0 unspecified atom stereocenters. The van der Waals surface area contributed by atoms with Crippen molar-refractivity contribution in [3.05, 3.63) is 52.6 Å². The summed E-state index contributed by atoms with van der Waals surface area (Å²) in [7, 11) is 0. The third-order valence-corrected chi connectivity index (χ3v) is 2.06. The number of nitrogens with one attached hydrogen (secondary N) is 2. The SMILES string of the molecule is O=C(O)c1cccc(Nc2cc(=O)[nH]cn2)c1. The Bertz CT molecular complexity index is 607. The molecule has 0 aliphatic rings. The molecule has 0 saturated heterocycles. The average molecular weight is 231 g/mol. The summed E-state index contributed by atoms with van der Waals surface area (Å²) in [5.41, 5.74) is 0.444. The smallest absolute Gasteiger partial charge is 0.335 e. The number of benzene rings is 1. The van der Waals surface area contributed by atoms with Gasteiger partial charge in [0.15, 0.2) is 0 Å². The van der Waals surface area contributed by atoms with Gasteiger partial charge in [-0.25, -0.2) is 9.78 Å². The summed E-state index contributed by atoms with van der Waals surface area (Å²) in [5, 5.41) is 11.7. The molecule has 17 heavy (non-hydrogen) atoms. The second kappa shape index (κ2) is 4.48. The van der Waals surface area contributed by atoms with Gasteiger partial charge >= 0.3 is 5.97 Å². The Kier molecular flexibility index (Phi) is 2.87. The van der Waals surface area contributed by atoms with Crippen molar-refractivity contribution in [2.75, 3.05) is 5.32 Å². The van der Waals surface area contributed by atoms with Crippen LogP contribution in [-0.4, -0.2) is 21.0 Å². The number of H-pyrrole nitrogens is 1. The third kappa shape index (κ3) is 2.69. The number of aromatic amines is 1. The first-order chi connectivity index (χ1) is 8.15. The molecule has 1 heterocycles. The fourth-order valence-corrected chi connectivity index (χ4v) is 1.31. The monoisotopic (exact) mass is 231 g/mol. The van der Waals surface area contributed by atoms with Crippen LogP contribution in [0.2, 0.25) is 0 Å². The first kappa shape index (κ1) is 10.9. The second-order valence-corrected chi connectivity index (χ2v) is 3.31. The van der Waals surface area contributed by atoms with Crippen LogP contribution in [0.4, 0.5) is 11.5 Å². The molecule has 0 spiro atoms. The molecule has 0 fully saturated rings. The lowest BCUT2D eigenvalue weighted by Gasteiger charge is -2.05. The molecule has 0 aliphatic carbocycles. The summed E-state index contributed by atoms with van der Waals surface area (Å²) < 4.78 is 0. The Morgan fingerprint density at radius 3 is 2.88 bits per heavy atom. The summed E-state index contributed by atoms with van der Waals surface area (Å²) in [6.45, 7) is 0. The quantitative estimate of drug-likeness (QED) is 0.738. The van der Waals surface area contributed by atoms with Crippen LogP contribution in [0.25, 0.3) is 0 Å². The van der Waals surface area contributed by atoms with E-state index in [4.69, 9.17) is 5.11 Å². The minimum Gasteiger partial charge on any atom is -0.478 e.